The lowest BCUT2D eigenvalue weighted by molar-refractivity contribution is -0.143. The van der Waals surface area contributed by atoms with Crippen LogP contribution in [0.1, 0.15) is 65.7 Å². The van der Waals surface area contributed by atoms with E-state index in [1.54, 1.807) is 19.1 Å². The van der Waals surface area contributed by atoms with Crippen molar-refractivity contribution in [2.45, 2.75) is 44.8 Å². The topological polar surface area (TPSA) is 124 Å². The fourth-order valence-corrected chi connectivity index (χ4v) is 4.30. The number of benzene rings is 1. The molecule has 1 aromatic heterocycles. The van der Waals surface area contributed by atoms with Crippen molar-refractivity contribution in [3.8, 4) is 11.8 Å². The van der Waals surface area contributed by atoms with Crippen LogP contribution in [-0.4, -0.2) is 35.6 Å². The molecular weight excluding hydrogens is 477 g/mol. The van der Waals surface area contributed by atoms with Crippen LogP contribution in [0.25, 0.3) is 0 Å². The summed E-state index contributed by atoms with van der Waals surface area (Å²) in [6.07, 6.45) is -1.43. The van der Waals surface area contributed by atoms with Crippen LogP contribution < -0.4 is 15.4 Å². The molecule has 1 heterocycles. The number of carboxylic acids is 1. The highest BCUT2D eigenvalue weighted by Gasteiger charge is 2.36. The second kappa shape index (κ2) is 11.3. The molecule has 1 atom stereocenters. The lowest BCUT2D eigenvalue weighted by Crippen LogP contribution is -2.32. The Kier molecular flexibility index (Phi) is 8.40. The summed E-state index contributed by atoms with van der Waals surface area (Å²) in [5.74, 6) is -1.89. The predicted molar refractivity (Wildman–Crippen MR) is 124 cm³/mol. The molecule has 36 heavy (non-hydrogen) atoms. The molecule has 11 heteroatoms. The van der Waals surface area contributed by atoms with Crippen molar-refractivity contribution in [3.63, 3.8) is 0 Å². The number of nitriles is 1. The monoisotopic (exact) mass is 504 g/mol. The van der Waals surface area contributed by atoms with E-state index in [-0.39, 0.29) is 23.9 Å². The maximum Gasteiger partial charge on any atom is 0.419 e. The number of carboxylic acid groups (broad SMARTS) is 1. The molecule has 1 aliphatic carbocycles. The summed E-state index contributed by atoms with van der Waals surface area (Å²) >= 11 is 0. The summed E-state index contributed by atoms with van der Waals surface area (Å²) in [5.41, 5.74) is -0.527. The van der Waals surface area contributed by atoms with Gasteiger partial charge in [0.25, 0.3) is 5.91 Å². The lowest BCUT2D eigenvalue weighted by atomic mass is 9.82. The van der Waals surface area contributed by atoms with E-state index in [0.717, 1.165) is 12.3 Å². The number of alkyl halides is 3. The summed E-state index contributed by atoms with van der Waals surface area (Å²) in [4.78, 5) is 27.5. The molecule has 1 aliphatic rings. The predicted octanol–water partition coefficient (Wildman–Crippen LogP) is 4.77. The summed E-state index contributed by atoms with van der Waals surface area (Å²) in [5, 5.41) is 23.6. The molecule has 0 bridgehead atoms. The molecule has 0 spiro atoms. The maximum atomic E-state index is 13.9. The van der Waals surface area contributed by atoms with Gasteiger partial charge in [-0.25, -0.2) is 4.98 Å². The molecule has 0 radical (unpaired) electrons. The molecule has 0 aliphatic heterocycles. The summed E-state index contributed by atoms with van der Waals surface area (Å²) in [7, 11) is 1.42. The van der Waals surface area contributed by atoms with Gasteiger partial charge in [0.15, 0.2) is 0 Å². The summed E-state index contributed by atoms with van der Waals surface area (Å²) < 4.78 is 46.9. The molecule has 0 saturated heterocycles. The van der Waals surface area contributed by atoms with Crippen molar-refractivity contribution < 1.29 is 32.6 Å². The number of halogens is 3. The first-order chi connectivity index (χ1) is 17.0. The lowest BCUT2D eigenvalue weighted by Gasteiger charge is -2.26. The van der Waals surface area contributed by atoms with Gasteiger partial charge < -0.3 is 20.5 Å². The average molecular weight is 505 g/mol. The number of hydrogen-bond acceptors (Lipinski definition) is 6. The quantitative estimate of drug-likeness (QED) is 0.473. The van der Waals surface area contributed by atoms with Crippen LogP contribution in [0.15, 0.2) is 30.5 Å². The fraction of sp³-hybridized carbons (Fsp3) is 0.440. The van der Waals surface area contributed by atoms with E-state index in [2.05, 4.69) is 15.6 Å². The van der Waals surface area contributed by atoms with Crippen molar-refractivity contribution in [2.24, 2.45) is 11.8 Å². The minimum Gasteiger partial charge on any atom is -0.496 e. The highest BCUT2D eigenvalue weighted by atomic mass is 19.4. The van der Waals surface area contributed by atoms with Crippen LogP contribution in [0, 0.1) is 23.2 Å². The second-order valence-corrected chi connectivity index (χ2v) is 8.82. The zero-order valence-corrected chi connectivity index (χ0v) is 19.9. The number of ether oxygens (including phenoxy) is 1. The molecule has 1 aromatic carbocycles. The normalized spacial score (nSPS) is 18.6. The Morgan fingerprint density at radius 1 is 1.25 bits per heavy atom. The Hall–Kier alpha value is -3.81. The van der Waals surface area contributed by atoms with Crippen LogP contribution in [-0.2, 0) is 11.0 Å². The van der Waals surface area contributed by atoms with Gasteiger partial charge in [-0.1, -0.05) is 0 Å². The van der Waals surface area contributed by atoms with Crippen LogP contribution in [0.2, 0.25) is 0 Å². The fourth-order valence-electron chi connectivity index (χ4n) is 4.30. The molecule has 1 fully saturated rings. The molecule has 1 saturated carbocycles. The number of aliphatic carboxylic acids is 1. The van der Waals surface area contributed by atoms with Crippen LogP contribution in [0.5, 0.6) is 5.75 Å². The van der Waals surface area contributed by atoms with Gasteiger partial charge in [-0.05, 0) is 62.8 Å². The average Bonchev–Trinajstić information content (AvgIpc) is 2.86. The Bertz CT molecular complexity index is 1150. The van der Waals surface area contributed by atoms with Gasteiger partial charge in [0.2, 0.25) is 0 Å². The number of rotatable bonds is 8. The molecular formula is C25H27F3N4O4. The van der Waals surface area contributed by atoms with Crippen molar-refractivity contribution in [3.05, 3.63) is 52.7 Å². The number of methoxy groups -OCH3 is 1. The van der Waals surface area contributed by atoms with E-state index in [1.165, 1.54) is 13.2 Å². The van der Waals surface area contributed by atoms with E-state index in [4.69, 9.17) is 15.1 Å². The third kappa shape index (κ3) is 6.44. The van der Waals surface area contributed by atoms with Crippen LogP contribution >= 0.6 is 0 Å². The molecule has 1 amide bonds. The third-order valence-electron chi connectivity index (χ3n) is 6.38. The van der Waals surface area contributed by atoms with Crippen molar-refractivity contribution in [1.29, 1.82) is 5.26 Å². The zero-order chi connectivity index (χ0) is 26.5. The van der Waals surface area contributed by atoms with E-state index in [9.17, 15) is 22.8 Å². The first kappa shape index (κ1) is 26.8. The van der Waals surface area contributed by atoms with E-state index < -0.39 is 35.5 Å². The van der Waals surface area contributed by atoms with Gasteiger partial charge >= 0.3 is 12.1 Å². The highest BCUT2D eigenvalue weighted by Crippen LogP contribution is 2.37. The molecule has 0 unspecified atom stereocenters. The van der Waals surface area contributed by atoms with Crippen molar-refractivity contribution >= 4 is 17.7 Å². The number of amides is 1. The minimum atomic E-state index is -4.78. The number of pyridine rings is 1. The molecule has 3 N–H and O–H groups in total. The first-order valence-corrected chi connectivity index (χ1v) is 11.5. The Morgan fingerprint density at radius 3 is 2.53 bits per heavy atom. The molecule has 3 rings (SSSR count). The zero-order valence-electron chi connectivity index (χ0n) is 19.9. The Balaban J connectivity index is 1.74. The number of aromatic nitrogens is 1. The Morgan fingerprint density at radius 2 is 1.94 bits per heavy atom. The third-order valence-corrected chi connectivity index (χ3v) is 6.38. The number of anilines is 1. The van der Waals surface area contributed by atoms with Gasteiger partial charge in [0.05, 0.1) is 41.8 Å². The van der Waals surface area contributed by atoms with Gasteiger partial charge in [0, 0.05) is 18.3 Å². The number of nitrogens with zero attached hydrogens (tertiary/aromatic N) is 2. The molecule has 192 valence electrons. The second-order valence-electron chi connectivity index (χ2n) is 8.82. The standard InChI is InChI=1S/C25H27F3N4O4/c1-14(19-9-16(11-29)5-8-21(19)36-2)32-22-20(25(26,27)28)10-18(13-30-22)23(33)31-12-15-3-6-17(7-4-15)24(34)35/h5,8-10,13-15,17H,3-4,6-7,12H2,1-2H3,(H,30,32)(H,31,33)(H,34,35)/t14-,15?,17?/m0/s1. The van der Waals surface area contributed by atoms with Crippen LogP contribution in [0.3, 0.4) is 0 Å². The SMILES string of the molecule is COc1ccc(C#N)cc1[C@H](C)Nc1ncc(C(=O)NCC2CCC(C(=O)O)CC2)cc1C(F)(F)F. The van der Waals surface area contributed by atoms with Gasteiger partial charge in [-0.3, -0.25) is 9.59 Å². The van der Waals surface area contributed by atoms with E-state index in [1.807, 2.05) is 6.07 Å². The number of nitrogens with one attached hydrogen (secondary N) is 2. The van der Waals surface area contributed by atoms with Gasteiger partial charge in [-0.15, -0.1) is 0 Å². The summed E-state index contributed by atoms with van der Waals surface area (Å²) in [6.45, 7) is 1.86. The van der Waals surface area contributed by atoms with E-state index >= 15 is 0 Å². The molecule has 2 aromatic rings. The van der Waals surface area contributed by atoms with Crippen molar-refractivity contribution in [1.82, 2.24) is 10.3 Å². The number of carbonyl (C=O) groups excluding carboxylic acids is 1. The maximum absolute atomic E-state index is 13.9. The van der Waals surface area contributed by atoms with Gasteiger partial charge in [0.1, 0.15) is 11.6 Å². The van der Waals surface area contributed by atoms with Crippen molar-refractivity contribution in [2.75, 3.05) is 19.0 Å². The summed E-state index contributed by atoms with van der Waals surface area (Å²) in [6, 6.07) is 6.67. The smallest absolute Gasteiger partial charge is 0.419 e. The van der Waals surface area contributed by atoms with Crippen LogP contribution in [0.4, 0.5) is 19.0 Å². The minimum absolute atomic E-state index is 0.0699. The highest BCUT2D eigenvalue weighted by molar-refractivity contribution is 5.94. The first-order valence-electron chi connectivity index (χ1n) is 11.5. The molecule has 8 nitrogen and oxygen atoms in total. The van der Waals surface area contributed by atoms with E-state index in [0.29, 0.717) is 42.6 Å². The van der Waals surface area contributed by atoms with Gasteiger partial charge in [-0.2, -0.15) is 18.4 Å². The Labute approximate surface area is 206 Å². The largest absolute Gasteiger partial charge is 0.496 e. The number of carbonyl (C=O) groups is 2. The number of hydrogen-bond donors (Lipinski definition) is 3.